The molecule has 0 spiro atoms. The molecular formula is C54H38N4. The fourth-order valence-corrected chi connectivity index (χ4v) is 8.76. The number of rotatable bonds is 6. The molecule has 0 aliphatic heterocycles. The third kappa shape index (κ3) is 5.53. The Balaban J connectivity index is 1.23. The van der Waals surface area contributed by atoms with Crippen LogP contribution in [0.1, 0.15) is 11.1 Å². The molecule has 0 fully saturated rings. The fraction of sp³-hybridized carbons (Fsp3) is 0.0370. The summed E-state index contributed by atoms with van der Waals surface area (Å²) in [5.41, 5.74) is 16.4. The molecule has 8 aromatic carbocycles. The molecule has 4 nitrogen and oxygen atoms in total. The Morgan fingerprint density at radius 3 is 1.36 bits per heavy atom. The quantitative estimate of drug-likeness (QED) is 0.170. The summed E-state index contributed by atoms with van der Waals surface area (Å²) in [6.07, 6.45) is 0. The van der Waals surface area contributed by atoms with Crippen molar-refractivity contribution in [3.8, 4) is 56.4 Å². The summed E-state index contributed by atoms with van der Waals surface area (Å²) in [4.78, 5) is 10.6. The number of aromatic nitrogens is 4. The summed E-state index contributed by atoms with van der Waals surface area (Å²) in [6.45, 7) is 4.35. The van der Waals surface area contributed by atoms with Gasteiger partial charge in [-0.25, -0.2) is 9.97 Å². The largest absolute Gasteiger partial charge is 0.309 e. The summed E-state index contributed by atoms with van der Waals surface area (Å²) in [5.74, 6) is 0.677. The highest BCUT2D eigenvalue weighted by molar-refractivity contribution is 6.11. The SMILES string of the molecule is Cc1ccc2c(c1)c1cc(C)ccc1n2-c1ccc(-c2nc(-c3ccccc3)cc(-c3ccccc3)n2)cc1-c1ccccc1-n1c2ccccc2c2ccccc21. The number of fused-ring (bicyclic) bond motifs is 6. The van der Waals surface area contributed by atoms with Gasteiger partial charge in [0.25, 0.3) is 0 Å². The summed E-state index contributed by atoms with van der Waals surface area (Å²) in [7, 11) is 0. The third-order valence-corrected chi connectivity index (χ3v) is 11.5. The molecule has 11 rings (SSSR count). The van der Waals surface area contributed by atoms with Gasteiger partial charge >= 0.3 is 0 Å². The van der Waals surface area contributed by atoms with Crippen molar-refractivity contribution < 1.29 is 0 Å². The molecule has 0 atom stereocenters. The maximum Gasteiger partial charge on any atom is 0.160 e. The lowest BCUT2D eigenvalue weighted by Gasteiger charge is -2.20. The van der Waals surface area contributed by atoms with Gasteiger partial charge in [-0.1, -0.05) is 139 Å². The normalized spacial score (nSPS) is 11.6. The average Bonchev–Trinajstić information content (AvgIpc) is 3.78. The van der Waals surface area contributed by atoms with Gasteiger partial charge in [0.2, 0.25) is 0 Å². The molecule has 0 N–H and O–H groups in total. The Kier molecular flexibility index (Phi) is 7.90. The van der Waals surface area contributed by atoms with E-state index < -0.39 is 0 Å². The van der Waals surface area contributed by atoms with E-state index in [2.05, 4.69) is 205 Å². The molecule has 0 amide bonds. The lowest BCUT2D eigenvalue weighted by Crippen LogP contribution is -2.03. The second-order valence-electron chi connectivity index (χ2n) is 15.2. The van der Waals surface area contributed by atoms with E-state index in [1.54, 1.807) is 0 Å². The molecular weight excluding hydrogens is 705 g/mol. The number of para-hydroxylation sites is 3. The van der Waals surface area contributed by atoms with Gasteiger partial charge in [-0.2, -0.15) is 0 Å². The van der Waals surface area contributed by atoms with E-state index in [1.807, 2.05) is 12.1 Å². The van der Waals surface area contributed by atoms with E-state index in [0.717, 1.165) is 50.6 Å². The second-order valence-corrected chi connectivity index (χ2v) is 15.2. The molecule has 11 aromatic rings. The van der Waals surface area contributed by atoms with E-state index in [4.69, 9.17) is 9.97 Å². The van der Waals surface area contributed by atoms with Crippen LogP contribution in [0.5, 0.6) is 0 Å². The Hall–Kier alpha value is -7.56. The summed E-state index contributed by atoms with van der Waals surface area (Å²) in [6, 6.07) is 69.6. The molecule has 0 radical (unpaired) electrons. The van der Waals surface area contributed by atoms with Crippen molar-refractivity contribution in [3.63, 3.8) is 0 Å². The molecule has 274 valence electrons. The first kappa shape index (κ1) is 33.8. The van der Waals surface area contributed by atoms with E-state index in [-0.39, 0.29) is 0 Å². The Bertz CT molecular complexity index is 3180. The van der Waals surface area contributed by atoms with Gasteiger partial charge in [0.05, 0.1) is 44.8 Å². The molecule has 0 saturated carbocycles. The van der Waals surface area contributed by atoms with Crippen LogP contribution < -0.4 is 0 Å². The molecule has 58 heavy (non-hydrogen) atoms. The second kappa shape index (κ2) is 13.6. The minimum absolute atomic E-state index is 0.677. The number of hydrogen-bond acceptors (Lipinski definition) is 2. The monoisotopic (exact) mass is 742 g/mol. The lowest BCUT2D eigenvalue weighted by molar-refractivity contribution is 1.15. The molecule has 0 unspecified atom stereocenters. The highest BCUT2D eigenvalue weighted by Gasteiger charge is 2.22. The Morgan fingerprint density at radius 2 is 0.793 bits per heavy atom. The predicted molar refractivity (Wildman–Crippen MR) is 242 cm³/mol. The van der Waals surface area contributed by atoms with Crippen LogP contribution in [0.15, 0.2) is 194 Å². The topological polar surface area (TPSA) is 35.6 Å². The maximum absolute atomic E-state index is 5.28. The highest BCUT2D eigenvalue weighted by atomic mass is 15.0. The highest BCUT2D eigenvalue weighted by Crippen LogP contribution is 2.42. The average molecular weight is 743 g/mol. The van der Waals surface area contributed by atoms with E-state index in [9.17, 15) is 0 Å². The molecule has 3 heterocycles. The smallest absolute Gasteiger partial charge is 0.160 e. The fourth-order valence-electron chi connectivity index (χ4n) is 8.76. The van der Waals surface area contributed by atoms with Gasteiger partial charge < -0.3 is 9.13 Å². The standard InChI is InChI=1S/C54H38N4/c1-35-25-28-51-43(31-35)44-32-36(2)26-29-52(44)58(51)53-30-27-39(54-55-46(37-15-5-3-6-16-37)34-47(56-54)38-17-7-4-8-18-38)33-45(53)42-21-11-14-24-50(42)57-48-22-12-9-19-40(48)41-20-10-13-23-49(41)57/h3-34H,1-2H3. The zero-order valence-electron chi connectivity index (χ0n) is 32.3. The summed E-state index contributed by atoms with van der Waals surface area (Å²) in [5, 5.41) is 4.95. The van der Waals surface area contributed by atoms with E-state index >= 15 is 0 Å². The van der Waals surface area contributed by atoms with Crippen LogP contribution in [0.25, 0.3) is 100 Å². The van der Waals surface area contributed by atoms with Gasteiger partial charge in [0.1, 0.15) is 0 Å². The van der Waals surface area contributed by atoms with Gasteiger partial charge in [-0.3, -0.25) is 0 Å². The lowest BCUT2D eigenvalue weighted by atomic mass is 9.97. The van der Waals surface area contributed by atoms with Crippen LogP contribution in [0.4, 0.5) is 0 Å². The number of nitrogens with zero attached hydrogens (tertiary/aromatic N) is 4. The van der Waals surface area contributed by atoms with Crippen LogP contribution in [-0.2, 0) is 0 Å². The van der Waals surface area contributed by atoms with Gasteiger partial charge in [-0.15, -0.1) is 0 Å². The van der Waals surface area contributed by atoms with Crippen molar-refractivity contribution in [3.05, 3.63) is 205 Å². The van der Waals surface area contributed by atoms with Gasteiger partial charge in [0, 0.05) is 49.4 Å². The van der Waals surface area contributed by atoms with Gasteiger partial charge in [0.15, 0.2) is 5.82 Å². The third-order valence-electron chi connectivity index (χ3n) is 11.5. The van der Waals surface area contributed by atoms with Crippen LogP contribution in [0.2, 0.25) is 0 Å². The molecule has 3 aromatic heterocycles. The van der Waals surface area contributed by atoms with E-state index in [1.165, 1.54) is 54.7 Å². The summed E-state index contributed by atoms with van der Waals surface area (Å²) >= 11 is 0. The number of benzene rings is 8. The minimum atomic E-state index is 0.677. The zero-order valence-corrected chi connectivity index (χ0v) is 32.3. The molecule has 0 aliphatic carbocycles. The number of hydrogen-bond donors (Lipinski definition) is 0. The summed E-state index contributed by atoms with van der Waals surface area (Å²) < 4.78 is 4.87. The van der Waals surface area contributed by atoms with Crippen LogP contribution >= 0.6 is 0 Å². The number of aryl methyl sites for hydroxylation is 2. The van der Waals surface area contributed by atoms with Crippen LogP contribution in [-0.4, -0.2) is 19.1 Å². The first-order valence-corrected chi connectivity index (χ1v) is 19.8. The van der Waals surface area contributed by atoms with Crippen molar-refractivity contribution in [2.24, 2.45) is 0 Å². The Labute approximate surface area is 337 Å². The van der Waals surface area contributed by atoms with Crippen LogP contribution in [0, 0.1) is 13.8 Å². The molecule has 0 bridgehead atoms. The first-order chi connectivity index (χ1) is 28.6. The molecule has 4 heteroatoms. The Morgan fingerprint density at radius 1 is 0.328 bits per heavy atom. The van der Waals surface area contributed by atoms with Crippen molar-refractivity contribution in [2.45, 2.75) is 13.8 Å². The van der Waals surface area contributed by atoms with Crippen molar-refractivity contribution in [1.82, 2.24) is 19.1 Å². The van der Waals surface area contributed by atoms with E-state index in [0.29, 0.717) is 5.82 Å². The molecule has 0 saturated heterocycles. The predicted octanol–water partition coefficient (Wildman–Crippen LogP) is 14.0. The van der Waals surface area contributed by atoms with Gasteiger partial charge in [-0.05, 0) is 80.6 Å². The van der Waals surface area contributed by atoms with Crippen molar-refractivity contribution >= 4 is 43.6 Å². The van der Waals surface area contributed by atoms with Crippen molar-refractivity contribution in [2.75, 3.05) is 0 Å². The van der Waals surface area contributed by atoms with Crippen LogP contribution in [0.3, 0.4) is 0 Å². The maximum atomic E-state index is 5.28. The first-order valence-electron chi connectivity index (χ1n) is 19.8. The zero-order chi connectivity index (χ0) is 38.7. The van der Waals surface area contributed by atoms with Crippen molar-refractivity contribution in [1.29, 1.82) is 0 Å². The molecule has 0 aliphatic rings. The minimum Gasteiger partial charge on any atom is -0.309 e.